The zero-order valence-corrected chi connectivity index (χ0v) is 9.37. The molecular formula is C14H9NO3. The predicted octanol–water partition coefficient (Wildman–Crippen LogP) is 2.28. The molecule has 0 saturated carbocycles. The van der Waals surface area contributed by atoms with Gasteiger partial charge in [0.1, 0.15) is 0 Å². The molecule has 18 heavy (non-hydrogen) atoms. The lowest BCUT2D eigenvalue weighted by Crippen LogP contribution is -2.33. The molecule has 0 atom stereocenters. The van der Waals surface area contributed by atoms with Crippen LogP contribution in [-0.4, -0.2) is 16.9 Å². The molecule has 1 aliphatic heterocycles. The van der Waals surface area contributed by atoms with E-state index >= 15 is 0 Å². The van der Waals surface area contributed by atoms with Crippen molar-refractivity contribution >= 4 is 11.8 Å². The van der Waals surface area contributed by atoms with Crippen molar-refractivity contribution in [2.75, 3.05) is 0 Å². The lowest BCUT2D eigenvalue weighted by Gasteiger charge is -2.13. The number of fused-ring (bicyclic) bond motifs is 1. The molecule has 2 amide bonds. The third-order valence-electron chi connectivity index (χ3n) is 2.70. The summed E-state index contributed by atoms with van der Waals surface area (Å²) in [7, 11) is 0. The van der Waals surface area contributed by atoms with Gasteiger partial charge in [-0.3, -0.25) is 9.59 Å². The Morgan fingerprint density at radius 1 is 0.722 bits per heavy atom. The first-order valence-corrected chi connectivity index (χ1v) is 5.48. The van der Waals surface area contributed by atoms with Gasteiger partial charge >= 0.3 is 0 Å². The molecule has 2 aromatic rings. The summed E-state index contributed by atoms with van der Waals surface area (Å²) in [6, 6.07) is 15.4. The molecule has 2 aromatic carbocycles. The smallest absolute Gasteiger partial charge is 0.295 e. The molecule has 1 aliphatic rings. The molecule has 0 N–H and O–H groups in total. The van der Waals surface area contributed by atoms with Crippen molar-refractivity contribution in [3.63, 3.8) is 0 Å². The Labute approximate surface area is 103 Å². The topological polar surface area (TPSA) is 46.6 Å². The number of hydrogen-bond donors (Lipinski definition) is 0. The highest BCUT2D eigenvalue weighted by Crippen LogP contribution is 2.24. The Kier molecular flexibility index (Phi) is 2.34. The van der Waals surface area contributed by atoms with Gasteiger partial charge in [-0.15, -0.1) is 0 Å². The monoisotopic (exact) mass is 239 g/mol. The normalized spacial score (nSPS) is 13.7. The molecule has 0 radical (unpaired) electrons. The summed E-state index contributed by atoms with van der Waals surface area (Å²) in [4.78, 5) is 29.3. The van der Waals surface area contributed by atoms with Crippen molar-refractivity contribution in [2.24, 2.45) is 0 Å². The molecule has 0 spiro atoms. The minimum absolute atomic E-state index is 0.374. The standard InChI is InChI=1S/C14H9NO3/c16-13-11-8-4-5-9-12(11)14(17)15(13)18-10-6-2-1-3-7-10/h1-9H. The van der Waals surface area contributed by atoms with E-state index in [-0.39, 0.29) is 0 Å². The maximum absolute atomic E-state index is 12.0. The van der Waals surface area contributed by atoms with Gasteiger partial charge in [0, 0.05) is 0 Å². The number of hydrogen-bond acceptors (Lipinski definition) is 3. The average Bonchev–Trinajstić information content (AvgIpc) is 2.66. The van der Waals surface area contributed by atoms with Gasteiger partial charge in [-0.25, -0.2) is 0 Å². The fourth-order valence-electron chi connectivity index (χ4n) is 1.84. The number of benzene rings is 2. The van der Waals surface area contributed by atoms with Gasteiger partial charge in [0.05, 0.1) is 11.1 Å². The van der Waals surface area contributed by atoms with E-state index in [1.54, 1.807) is 48.5 Å². The molecule has 0 bridgehead atoms. The van der Waals surface area contributed by atoms with Crippen LogP contribution in [0.3, 0.4) is 0 Å². The van der Waals surface area contributed by atoms with Crippen molar-refractivity contribution in [1.82, 2.24) is 5.06 Å². The van der Waals surface area contributed by atoms with Crippen LogP contribution in [0.5, 0.6) is 5.75 Å². The maximum Gasteiger partial charge on any atom is 0.295 e. The molecule has 4 nitrogen and oxygen atoms in total. The molecule has 3 rings (SSSR count). The second-order valence-corrected chi connectivity index (χ2v) is 3.85. The second-order valence-electron chi connectivity index (χ2n) is 3.85. The van der Waals surface area contributed by atoms with Crippen molar-refractivity contribution in [3.05, 3.63) is 65.7 Å². The summed E-state index contributed by atoms with van der Waals surface area (Å²) >= 11 is 0. The van der Waals surface area contributed by atoms with E-state index in [0.29, 0.717) is 16.9 Å². The predicted molar refractivity (Wildman–Crippen MR) is 64.0 cm³/mol. The molecule has 0 unspecified atom stereocenters. The van der Waals surface area contributed by atoms with E-state index in [9.17, 15) is 9.59 Å². The highest BCUT2D eigenvalue weighted by Gasteiger charge is 2.37. The van der Waals surface area contributed by atoms with E-state index in [1.807, 2.05) is 6.07 Å². The first kappa shape index (κ1) is 10.5. The number of carbonyl (C=O) groups excluding carboxylic acids is 2. The minimum atomic E-state index is -0.431. The minimum Gasteiger partial charge on any atom is -0.368 e. The van der Waals surface area contributed by atoms with Crippen LogP contribution >= 0.6 is 0 Å². The lowest BCUT2D eigenvalue weighted by atomic mass is 10.1. The summed E-state index contributed by atoms with van der Waals surface area (Å²) in [6.07, 6.45) is 0. The zero-order valence-electron chi connectivity index (χ0n) is 9.37. The van der Waals surface area contributed by atoms with Crippen LogP contribution in [0.25, 0.3) is 0 Å². The van der Waals surface area contributed by atoms with Crippen LogP contribution in [0.1, 0.15) is 20.7 Å². The Morgan fingerprint density at radius 3 is 1.78 bits per heavy atom. The molecule has 88 valence electrons. The summed E-state index contributed by atoms with van der Waals surface area (Å²) in [5.41, 5.74) is 0.747. The summed E-state index contributed by atoms with van der Waals surface area (Å²) in [5, 5.41) is 0.792. The summed E-state index contributed by atoms with van der Waals surface area (Å²) in [5.74, 6) is -0.411. The van der Waals surface area contributed by atoms with Gasteiger partial charge in [0.15, 0.2) is 5.75 Å². The van der Waals surface area contributed by atoms with Crippen LogP contribution in [0.4, 0.5) is 0 Å². The number of para-hydroxylation sites is 1. The summed E-state index contributed by atoms with van der Waals surface area (Å²) < 4.78 is 0. The molecular weight excluding hydrogens is 230 g/mol. The third kappa shape index (κ3) is 1.55. The van der Waals surface area contributed by atoms with E-state index in [0.717, 1.165) is 5.06 Å². The van der Waals surface area contributed by atoms with Gasteiger partial charge < -0.3 is 4.84 Å². The van der Waals surface area contributed by atoms with Crippen molar-refractivity contribution in [3.8, 4) is 5.75 Å². The first-order chi connectivity index (χ1) is 8.77. The van der Waals surface area contributed by atoms with E-state index in [4.69, 9.17) is 4.84 Å². The Bertz CT molecular complexity index is 587. The fraction of sp³-hybridized carbons (Fsp3) is 0. The van der Waals surface area contributed by atoms with E-state index in [2.05, 4.69) is 0 Å². The third-order valence-corrected chi connectivity index (χ3v) is 2.70. The number of carbonyl (C=O) groups is 2. The van der Waals surface area contributed by atoms with Crippen LogP contribution in [0.15, 0.2) is 54.6 Å². The van der Waals surface area contributed by atoms with Gasteiger partial charge in [0.25, 0.3) is 11.8 Å². The maximum atomic E-state index is 12.0. The Balaban J connectivity index is 1.93. The number of nitrogens with zero attached hydrogens (tertiary/aromatic N) is 1. The second kappa shape index (κ2) is 4.00. The molecule has 4 heteroatoms. The van der Waals surface area contributed by atoms with Crippen molar-refractivity contribution in [2.45, 2.75) is 0 Å². The number of amides is 2. The largest absolute Gasteiger partial charge is 0.368 e. The molecule has 1 heterocycles. The Hall–Kier alpha value is -2.62. The van der Waals surface area contributed by atoms with Crippen LogP contribution < -0.4 is 4.84 Å². The van der Waals surface area contributed by atoms with E-state index in [1.165, 1.54) is 0 Å². The molecule has 0 aromatic heterocycles. The van der Waals surface area contributed by atoms with E-state index < -0.39 is 11.8 Å². The molecule has 0 saturated heterocycles. The number of rotatable bonds is 2. The molecule has 0 aliphatic carbocycles. The zero-order chi connectivity index (χ0) is 12.5. The van der Waals surface area contributed by atoms with Crippen LogP contribution in [0.2, 0.25) is 0 Å². The highest BCUT2D eigenvalue weighted by atomic mass is 16.7. The van der Waals surface area contributed by atoms with Gasteiger partial charge in [0.2, 0.25) is 0 Å². The lowest BCUT2D eigenvalue weighted by molar-refractivity contribution is -0.0141. The van der Waals surface area contributed by atoms with Crippen molar-refractivity contribution < 1.29 is 14.4 Å². The first-order valence-electron chi connectivity index (χ1n) is 5.48. The fourth-order valence-corrected chi connectivity index (χ4v) is 1.84. The van der Waals surface area contributed by atoms with Gasteiger partial charge in [-0.1, -0.05) is 35.4 Å². The van der Waals surface area contributed by atoms with Gasteiger partial charge in [-0.2, -0.15) is 0 Å². The van der Waals surface area contributed by atoms with Crippen LogP contribution in [0, 0.1) is 0 Å². The van der Waals surface area contributed by atoms with Crippen LogP contribution in [-0.2, 0) is 0 Å². The number of imide groups is 1. The quantitative estimate of drug-likeness (QED) is 0.755. The van der Waals surface area contributed by atoms with Gasteiger partial charge in [-0.05, 0) is 24.3 Å². The van der Waals surface area contributed by atoms with Crippen molar-refractivity contribution in [1.29, 1.82) is 0 Å². The molecule has 0 fully saturated rings. The average molecular weight is 239 g/mol. The SMILES string of the molecule is O=C1c2ccccc2C(=O)N1Oc1ccccc1. The summed E-state index contributed by atoms with van der Waals surface area (Å²) in [6.45, 7) is 0. The number of hydroxylamine groups is 2. The highest BCUT2D eigenvalue weighted by molar-refractivity contribution is 6.20. The Morgan fingerprint density at radius 2 is 1.22 bits per heavy atom.